The standard InChI is InChI=1S/C69H123N2O7P/c1-7-10-13-16-19-22-25-28-30-32-34-35-37-38-40-43-46-49-52-55-58-61-68(72)70-66(65-77-79(74,75)76-64-63-71(4,5)6)67(60-57-54-51-48-45-42-27-24-21-18-15-12-9-3)78-69(73)62-59-56-53-50-47-44-41-39-36-33-31-29-26-23-20-17-14-11-8-2/h11,14,20,23,28-31,36,39,44,47,53,56-57,60,66-67H,7-10,12-13,15-19,21-22,24-27,32-35,37-38,40-43,45-46,48-52,54-55,58-59,61-65H2,1-6H3,(H-,70,72,74,75)/p+1/b14-11-,23-20-,30-28+,31-29-,39-36-,47-44-,56-53-,60-57+. The molecule has 0 aromatic rings. The van der Waals surface area contributed by atoms with Crippen LogP contribution in [0.15, 0.2) is 97.2 Å². The Morgan fingerprint density at radius 2 is 0.823 bits per heavy atom. The van der Waals surface area contributed by atoms with Crippen molar-refractivity contribution in [3.63, 3.8) is 0 Å². The molecule has 0 heterocycles. The normalized spacial score (nSPS) is 14.3. The summed E-state index contributed by atoms with van der Waals surface area (Å²) in [7, 11) is 1.45. The van der Waals surface area contributed by atoms with Crippen LogP contribution in [0.5, 0.6) is 0 Å². The van der Waals surface area contributed by atoms with E-state index in [1.54, 1.807) is 0 Å². The van der Waals surface area contributed by atoms with E-state index < -0.39 is 25.9 Å². The molecule has 0 spiro atoms. The minimum Gasteiger partial charge on any atom is -0.456 e. The van der Waals surface area contributed by atoms with Crippen LogP contribution in [0, 0.1) is 0 Å². The molecular formula is C69H124N2O7P+. The molecule has 2 N–H and O–H groups in total. The van der Waals surface area contributed by atoms with Crippen LogP contribution in [-0.4, -0.2) is 74.3 Å². The molecule has 0 fully saturated rings. The number of ether oxygens (including phenoxy) is 1. The molecule has 0 saturated heterocycles. The summed E-state index contributed by atoms with van der Waals surface area (Å²) in [6.45, 7) is 6.86. The first kappa shape index (κ1) is 75.9. The van der Waals surface area contributed by atoms with Gasteiger partial charge in [-0.3, -0.25) is 18.6 Å². The Balaban J connectivity index is 5.33. The molecule has 1 amide bonds. The first-order chi connectivity index (χ1) is 38.4. The second kappa shape index (κ2) is 58.1. The molecule has 0 aliphatic heterocycles. The summed E-state index contributed by atoms with van der Waals surface area (Å²) in [6, 6.07) is -0.884. The first-order valence-corrected chi connectivity index (χ1v) is 34.1. The number of likely N-dealkylation sites (N-methyl/N-ethyl adjacent to an activating group) is 1. The summed E-state index contributed by atoms with van der Waals surface area (Å²) in [5.41, 5.74) is 0. The third-order valence-electron chi connectivity index (χ3n) is 14.0. The molecule has 10 heteroatoms. The summed E-state index contributed by atoms with van der Waals surface area (Å²) < 4.78 is 30.7. The number of carbonyl (C=O) groups is 2. The zero-order chi connectivity index (χ0) is 57.9. The van der Waals surface area contributed by atoms with Gasteiger partial charge in [0.2, 0.25) is 5.91 Å². The van der Waals surface area contributed by atoms with Crippen molar-refractivity contribution in [2.24, 2.45) is 0 Å². The van der Waals surface area contributed by atoms with Crippen molar-refractivity contribution >= 4 is 19.7 Å². The maximum absolute atomic E-state index is 13.6. The number of quaternary nitrogens is 1. The quantitative estimate of drug-likeness (QED) is 0.0205. The maximum Gasteiger partial charge on any atom is 0.472 e. The van der Waals surface area contributed by atoms with Gasteiger partial charge in [-0.15, -0.1) is 0 Å². The van der Waals surface area contributed by atoms with Gasteiger partial charge in [0.15, 0.2) is 0 Å². The Kier molecular flexibility index (Phi) is 55.9. The number of phosphoric acid groups is 1. The van der Waals surface area contributed by atoms with Crippen LogP contribution >= 0.6 is 7.82 Å². The summed E-state index contributed by atoms with van der Waals surface area (Å²) >= 11 is 0. The molecule has 0 saturated carbocycles. The van der Waals surface area contributed by atoms with E-state index in [0.29, 0.717) is 23.9 Å². The summed E-state index contributed by atoms with van der Waals surface area (Å²) in [5, 5.41) is 3.04. The van der Waals surface area contributed by atoms with Crippen molar-refractivity contribution in [3.05, 3.63) is 97.2 Å². The van der Waals surface area contributed by atoms with Gasteiger partial charge in [0, 0.05) is 12.8 Å². The molecular weight excluding hydrogens is 1000 g/mol. The molecule has 0 bridgehead atoms. The van der Waals surface area contributed by atoms with Crippen LogP contribution < -0.4 is 5.32 Å². The number of hydrogen-bond acceptors (Lipinski definition) is 6. The summed E-state index contributed by atoms with van der Waals surface area (Å²) in [5.74, 6) is -0.602. The number of carbonyl (C=O) groups excluding carboxylic acids is 2. The fourth-order valence-electron chi connectivity index (χ4n) is 9.02. The van der Waals surface area contributed by atoms with Gasteiger partial charge in [-0.2, -0.15) is 0 Å². The highest BCUT2D eigenvalue weighted by Gasteiger charge is 2.30. The lowest BCUT2D eigenvalue weighted by Gasteiger charge is -2.27. The molecule has 456 valence electrons. The number of unbranched alkanes of at least 4 members (excludes halogenated alkanes) is 28. The van der Waals surface area contributed by atoms with E-state index in [9.17, 15) is 19.0 Å². The van der Waals surface area contributed by atoms with Gasteiger partial charge in [-0.1, -0.05) is 266 Å². The van der Waals surface area contributed by atoms with Gasteiger partial charge in [0.25, 0.3) is 0 Å². The lowest BCUT2D eigenvalue weighted by molar-refractivity contribution is -0.870. The predicted octanol–water partition coefficient (Wildman–Crippen LogP) is 20.3. The third-order valence-corrected chi connectivity index (χ3v) is 15.0. The van der Waals surface area contributed by atoms with Crippen molar-refractivity contribution in [2.75, 3.05) is 40.9 Å². The Morgan fingerprint density at radius 3 is 1.24 bits per heavy atom. The van der Waals surface area contributed by atoms with Gasteiger partial charge in [0.1, 0.15) is 19.3 Å². The van der Waals surface area contributed by atoms with Crippen LogP contribution in [0.2, 0.25) is 0 Å². The first-order valence-electron chi connectivity index (χ1n) is 32.6. The molecule has 0 rings (SSSR count). The van der Waals surface area contributed by atoms with Crippen molar-refractivity contribution in [1.29, 1.82) is 0 Å². The molecule has 0 aliphatic carbocycles. The van der Waals surface area contributed by atoms with Gasteiger partial charge in [-0.05, 0) is 96.0 Å². The van der Waals surface area contributed by atoms with Crippen LogP contribution in [0.3, 0.4) is 0 Å². The van der Waals surface area contributed by atoms with Crippen molar-refractivity contribution in [3.8, 4) is 0 Å². The average Bonchev–Trinajstić information content (AvgIpc) is 3.41. The highest BCUT2D eigenvalue weighted by atomic mass is 31.2. The van der Waals surface area contributed by atoms with Gasteiger partial charge in [0.05, 0.1) is 33.8 Å². The molecule has 0 aromatic carbocycles. The number of nitrogens with zero attached hydrogens (tertiary/aromatic N) is 1. The second-order valence-corrected chi connectivity index (χ2v) is 24.4. The summed E-state index contributed by atoms with van der Waals surface area (Å²) in [6.07, 6.45) is 78.5. The Bertz CT molecular complexity index is 1670. The number of phosphoric ester groups is 1. The molecule has 0 aromatic heterocycles. The highest BCUT2D eigenvalue weighted by molar-refractivity contribution is 7.47. The highest BCUT2D eigenvalue weighted by Crippen LogP contribution is 2.43. The van der Waals surface area contributed by atoms with E-state index in [1.807, 2.05) is 39.4 Å². The fraction of sp³-hybridized carbons (Fsp3) is 0.739. The van der Waals surface area contributed by atoms with Gasteiger partial charge < -0.3 is 19.4 Å². The lowest BCUT2D eigenvalue weighted by atomic mass is 10.0. The van der Waals surface area contributed by atoms with Gasteiger partial charge >= 0.3 is 13.8 Å². The van der Waals surface area contributed by atoms with E-state index >= 15 is 0 Å². The molecule has 79 heavy (non-hydrogen) atoms. The number of amides is 1. The molecule has 3 atom stereocenters. The van der Waals surface area contributed by atoms with Crippen LogP contribution in [0.1, 0.15) is 278 Å². The number of rotatable bonds is 58. The van der Waals surface area contributed by atoms with Crippen LogP contribution in [-0.2, 0) is 27.9 Å². The maximum atomic E-state index is 13.6. The van der Waals surface area contributed by atoms with Crippen LogP contribution in [0.4, 0.5) is 0 Å². The fourth-order valence-corrected chi connectivity index (χ4v) is 9.76. The zero-order valence-electron chi connectivity index (χ0n) is 52.1. The van der Waals surface area contributed by atoms with E-state index in [0.717, 1.165) is 77.0 Å². The number of esters is 1. The smallest absolute Gasteiger partial charge is 0.456 e. The number of hydrogen-bond donors (Lipinski definition) is 2. The van der Waals surface area contributed by atoms with Gasteiger partial charge in [-0.25, -0.2) is 4.57 Å². The minimum absolute atomic E-state index is 0.0255. The number of allylic oxidation sites excluding steroid dienone is 15. The topological polar surface area (TPSA) is 111 Å². The average molecular weight is 1120 g/mol. The van der Waals surface area contributed by atoms with Crippen molar-refractivity contribution < 1.29 is 37.3 Å². The summed E-state index contributed by atoms with van der Waals surface area (Å²) in [4.78, 5) is 37.8. The van der Waals surface area contributed by atoms with E-state index in [-0.39, 0.29) is 25.5 Å². The van der Waals surface area contributed by atoms with E-state index in [2.05, 4.69) is 105 Å². The van der Waals surface area contributed by atoms with Crippen LogP contribution in [0.25, 0.3) is 0 Å². The predicted molar refractivity (Wildman–Crippen MR) is 341 cm³/mol. The lowest BCUT2D eigenvalue weighted by Crippen LogP contribution is -2.47. The molecule has 0 aliphatic rings. The zero-order valence-corrected chi connectivity index (χ0v) is 53.0. The molecule has 0 radical (unpaired) electrons. The molecule has 9 nitrogen and oxygen atoms in total. The van der Waals surface area contributed by atoms with E-state index in [4.69, 9.17) is 13.8 Å². The third kappa shape index (κ3) is 59.4. The van der Waals surface area contributed by atoms with E-state index in [1.165, 1.54) is 161 Å². The minimum atomic E-state index is -4.47. The Hall–Kier alpha value is -3.07. The Labute approximate surface area is 488 Å². The molecule has 3 unspecified atom stereocenters. The largest absolute Gasteiger partial charge is 0.472 e. The van der Waals surface area contributed by atoms with Crippen molar-refractivity contribution in [1.82, 2.24) is 5.32 Å². The SMILES string of the molecule is CC/C=C\C/C=C\C/C=C\C/C=C\C/C=C\C/C=C\CCC(=O)OC(/C=C/CCCCCCCCCCCCC)C(COP(=O)(O)OCC[N+](C)(C)C)NC(=O)CCCCCCCCCCCCC/C=C/CCCCCCCC. The number of nitrogens with one attached hydrogen (secondary N) is 1. The Morgan fingerprint density at radius 1 is 0.456 bits per heavy atom. The second-order valence-electron chi connectivity index (χ2n) is 22.9. The monoisotopic (exact) mass is 1120 g/mol. The van der Waals surface area contributed by atoms with Crippen molar-refractivity contribution in [2.45, 2.75) is 290 Å².